The third-order valence-electron chi connectivity index (χ3n) is 5.92. The minimum atomic E-state index is -0.261. The maximum Gasteiger partial charge on any atom is 0.173 e. The van der Waals surface area contributed by atoms with Crippen LogP contribution in [0.3, 0.4) is 0 Å². The Hall–Kier alpha value is -2.84. The van der Waals surface area contributed by atoms with Crippen molar-refractivity contribution >= 4 is 0 Å². The molecule has 2 heterocycles. The van der Waals surface area contributed by atoms with Crippen molar-refractivity contribution in [1.29, 1.82) is 0 Å². The summed E-state index contributed by atoms with van der Waals surface area (Å²) >= 11 is 0. The van der Waals surface area contributed by atoms with Gasteiger partial charge in [0.15, 0.2) is 5.82 Å². The summed E-state index contributed by atoms with van der Waals surface area (Å²) in [7, 11) is 1.71. The van der Waals surface area contributed by atoms with E-state index < -0.39 is 0 Å². The second-order valence-electron chi connectivity index (χ2n) is 9.20. The van der Waals surface area contributed by atoms with Gasteiger partial charge in [0.05, 0.1) is 18.7 Å². The normalized spacial score (nSPS) is 16.8. The van der Waals surface area contributed by atoms with Gasteiger partial charge in [-0.2, -0.15) is 0 Å². The van der Waals surface area contributed by atoms with Crippen LogP contribution < -0.4 is 4.74 Å². The van der Waals surface area contributed by atoms with E-state index >= 15 is 0 Å². The molecule has 0 radical (unpaired) electrons. The van der Waals surface area contributed by atoms with Crippen molar-refractivity contribution in [1.82, 2.24) is 30.0 Å². The molecule has 7 nitrogen and oxygen atoms in total. The first-order valence-corrected chi connectivity index (χ1v) is 11.0. The Kier molecular flexibility index (Phi) is 6.53. The van der Waals surface area contributed by atoms with E-state index in [1.807, 2.05) is 35.0 Å². The smallest absolute Gasteiger partial charge is 0.173 e. The number of aromatic nitrogens is 4. The molecule has 32 heavy (non-hydrogen) atoms. The SMILES string of the molecule is COc1ccccc1CN1CCN([C@H](c2ccc(F)cc2)c2nnnn2C(C)(C)C)CC1. The van der Waals surface area contributed by atoms with Gasteiger partial charge in [0.2, 0.25) is 0 Å². The third-order valence-corrected chi connectivity index (χ3v) is 5.92. The molecule has 4 rings (SSSR count). The summed E-state index contributed by atoms with van der Waals surface area (Å²) in [4.78, 5) is 4.82. The lowest BCUT2D eigenvalue weighted by molar-refractivity contribution is 0.0974. The molecule has 1 fully saturated rings. The van der Waals surface area contributed by atoms with Gasteiger partial charge in [0.1, 0.15) is 11.6 Å². The van der Waals surface area contributed by atoms with Crippen LogP contribution in [0.2, 0.25) is 0 Å². The van der Waals surface area contributed by atoms with E-state index in [-0.39, 0.29) is 17.4 Å². The van der Waals surface area contributed by atoms with E-state index in [0.717, 1.165) is 49.9 Å². The van der Waals surface area contributed by atoms with Crippen LogP contribution in [0.25, 0.3) is 0 Å². The molecule has 1 aliphatic heterocycles. The number of tetrazole rings is 1. The van der Waals surface area contributed by atoms with Gasteiger partial charge < -0.3 is 4.74 Å². The topological polar surface area (TPSA) is 59.3 Å². The largest absolute Gasteiger partial charge is 0.496 e. The van der Waals surface area contributed by atoms with E-state index in [2.05, 4.69) is 52.2 Å². The first-order valence-electron chi connectivity index (χ1n) is 11.0. The Balaban J connectivity index is 1.56. The number of halogens is 1. The minimum Gasteiger partial charge on any atom is -0.496 e. The van der Waals surface area contributed by atoms with E-state index in [4.69, 9.17) is 4.74 Å². The molecular weight excluding hydrogens is 407 g/mol. The predicted molar refractivity (Wildman–Crippen MR) is 121 cm³/mol. The molecule has 1 atom stereocenters. The Morgan fingerprint density at radius 3 is 2.34 bits per heavy atom. The van der Waals surface area contributed by atoms with Crippen molar-refractivity contribution in [2.45, 2.75) is 38.9 Å². The van der Waals surface area contributed by atoms with Gasteiger partial charge in [-0.05, 0) is 55.0 Å². The number of rotatable bonds is 6. The molecule has 0 spiro atoms. The summed E-state index contributed by atoms with van der Waals surface area (Å²) in [5.41, 5.74) is 1.92. The Morgan fingerprint density at radius 1 is 1.00 bits per heavy atom. The zero-order valence-electron chi connectivity index (χ0n) is 19.2. The van der Waals surface area contributed by atoms with Crippen LogP contribution >= 0.6 is 0 Å². The molecule has 0 amide bonds. The third kappa shape index (κ3) is 4.81. The summed E-state index contributed by atoms with van der Waals surface area (Å²) in [6.07, 6.45) is 0. The van der Waals surface area contributed by atoms with Gasteiger partial charge in [0, 0.05) is 38.3 Å². The fraction of sp³-hybridized carbons (Fsp3) is 0.458. The highest BCUT2D eigenvalue weighted by molar-refractivity contribution is 5.33. The fourth-order valence-electron chi connectivity index (χ4n) is 4.26. The Morgan fingerprint density at radius 2 is 1.69 bits per heavy atom. The van der Waals surface area contributed by atoms with E-state index in [0.29, 0.717) is 0 Å². The summed E-state index contributed by atoms with van der Waals surface area (Å²) in [5, 5.41) is 12.6. The van der Waals surface area contributed by atoms with Gasteiger partial charge in [0.25, 0.3) is 0 Å². The molecule has 8 heteroatoms. The summed E-state index contributed by atoms with van der Waals surface area (Å²) in [5.74, 6) is 1.45. The summed E-state index contributed by atoms with van der Waals surface area (Å²) in [6.45, 7) is 10.6. The molecule has 2 aromatic carbocycles. The van der Waals surface area contributed by atoms with Crippen molar-refractivity contribution in [2.75, 3.05) is 33.3 Å². The molecule has 1 saturated heterocycles. The van der Waals surface area contributed by atoms with E-state index in [1.54, 1.807) is 7.11 Å². The van der Waals surface area contributed by atoms with Crippen LogP contribution in [0.15, 0.2) is 48.5 Å². The van der Waals surface area contributed by atoms with Gasteiger partial charge in [-0.25, -0.2) is 9.07 Å². The standard InChI is InChI=1S/C24H31FN6O/c1-24(2,3)31-23(26-27-28-31)22(18-9-11-20(25)12-10-18)30-15-13-29(14-16-30)17-19-7-5-6-8-21(19)32-4/h5-12,22H,13-17H2,1-4H3/t22-/m1/s1. The molecular formula is C24H31FN6O. The fourth-order valence-corrected chi connectivity index (χ4v) is 4.26. The maximum atomic E-state index is 13.6. The van der Waals surface area contributed by atoms with Crippen molar-refractivity contribution in [3.63, 3.8) is 0 Å². The van der Waals surface area contributed by atoms with E-state index in [1.165, 1.54) is 17.7 Å². The molecule has 3 aromatic rings. The van der Waals surface area contributed by atoms with Gasteiger partial charge in [-0.1, -0.05) is 30.3 Å². The van der Waals surface area contributed by atoms with Crippen LogP contribution in [0, 0.1) is 5.82 Å². The van der Waals surface area contributed by atoms with Crippen molar-refractivity contribution < 1.29 is 9.13 Å². The van der Waals surface area contributed by atoms with Crippen molar-refractivity contribution in [3.8, 4) is 5.75 Å². The lowest BCUT2D eigenvalue weighted by Crippen LogP contribution is -2.48. The minimum absolute atomic E-state index is 0.141. The number of para-hydroxylation sites is 1. The second-order valence-corrected chi connectivity index (χ2v) is 9.20. The van der Waals surface area contributed by atoms with E-state index in [9.17, 15) is 4.39 Å². The van der Waals surface area contributed by atoms with Crippen LogP contribution in [0.5, 0.6) is 5.75 Å². The first kappa shape index (κ1) is 22.4. The van der Waals surface area contributed by atoms with Crippen LogP contribution in [0.4, 0.5) is 4.39 Å². The predicted octanol–water partition coefficient (Wildman–Crippen LogP) is 3.48. The van der Waals surface area contributed by atoms with Crippen molar-refractivity contribution in [2.24, 2.45) is 0 Å². The molecule has 1 aromatic heterocycles. The molecule has 1 aliphatic rings. The number of ether oxygens (including phenoxy) is 1. The molecule has 0 saturated carbocycles. The summed E-state index contributed by atoms with van der Waals surface area (Å²) in [6, 6.07) is 14.7. The van der Waals surface area contributed by atoms with Crippen molar-refractivity contribution in [3.05, 3.63) is 71.3 Å². The highest BCUT2D eigenvalue weighted by Crippen LogP contribution is 2.31. The number of benzene rings is 2. The van der Waals surface area contributed by atoms with Crippen LogP contribution in [-0.4, -0.2) is 63.3 Å². The quantitative estimate of drug-likeness (QED) is 0.587. The average Bonchev–Trinajstić information content (AvgIpc) is 3.27. The second kappa shape index (κ2) is 9.34. The monoisotopic (exact) mass is 438 g/mol. The molecule has 0 N–H and O–H groups in total. The zero-order valence-corrected chi connectivity index (χ0v) is 19.2. The lowest BCUT2D eigenvalue weighted by Gasteiger charge is -2.39. The molecule has 0 aliphatic carbocycles. The maximum absolute atomic E-state index is 13.6. The molecule has 170 valence electrons. The van der Waals surface area contributed by atoms with Gasteiger partial charge >= 0.3 is 0 Å². The van der Waals surface area contributed by atoms with Crippen LogP contribution in [0.1, 0.15) is 43.8 Å². The van der Waals surface area contributed by atoms with Gasteiger partial charge in [-0.3, -0.25) is 9.80 Å². The number of methoxy groups -OCH3 is 1. The number of hydrogen-bond acceptors (Lipinski definition) is 6. The average molecular weight is 439 g/mol. The Labute approximate surface area is 188 Å². The number of hydrogen-bond donors (Lipinski definition) is 0. The summed E-state index contributed by atoms with van der Waals surface area (Å²) < 4.78 is 21.0. The zero-order chi connectivity index (χ0) is 22.7. The Bertz CT molecular complexity index is 1020. The molecule has 0 unspecified atom stereocenters. The first-order chi connectivity index (χ1) is 15.4. The van der Waals surface area contributed by atoms with Gasteiger partial charge in [-0.15, -0.1) is 5.10 Å². The van der Waals surface area contributed by atoms with Crippen LogP contribution in [-0.2, 0) is 12.1 Å². The lowest BCUT2D eigenvalue weighted by atomic mass is 10.0. The highest BCUT2D eigenvalue weighted by atomic mass is 19.1. The number of nitrogens with zero attached hydrogens (tertiary/aromatic N) is 6. The molecule has 0 bridgehead atoms. The number of piperazine rings is 1. The highest BCUT2D eigenvalue weighted by Gasteiger charge is 2.33.